The Morgan fingerprint density at radius 2 is 2.25 bits per heavy atom. The third kappa shape index (κ3) is 4.09. The second kappa shape index (κ2) is 7.69. The van der Waals surface area contributed by atoms with E-state index in [4.69, 9.17) is 4.74 Å². The average molecular weight is 277 g/mol. The van der Waals surface area contributed by atoms with Crippen molar-refractivity contribution in [2.45, 2.75) is 26.3 Å². The van der Waals surface area contributed by atoms with Crippen molar-refractivity contribution in [3.05, 3.63) is 30.4 Å². The zero-order chi connectivity index (χ0) is 14.2. The SMILES string of the molecule is CCOCCCNc1nccn1CCc1ccnn1C. The highest BCUT2D eigenvalue weighted by Crippen LogP contribution is 2.07. The van der Waals surface area contributed by atoms with Crippen LogP contribution in [-0.4, -0.2) is 39.1 Å². The molecule has 0 aliphatic rings. The van der Waals surface area contributed by atoms with Crippen molar-refractivity contribution in [1.82, 2.24) is 19.3 Å². The molecule has 0 atom stereocenters. The van der Waals surface area contributed by atoms with Crippen molar-refractivity contribution in [1.29, 1.82) is 0 Å². The lowest BCUT2D eigenvalue weighted by atomic mass is 10.3. The highest BCUT2D eigenvalue weighted by Gasteiger charge is 2.04. The van der Waals surface area contributed by atoms with Crippen molar-refractivity contribution in [2.75, 3.05) is 25.1 Å². The smallest absolute Gasteiger partial charge is 0.202 e. The lowest BCUT2D eigenvalue weighted by Crippen LogP contribution is -2.12. The number of hydrogen-bond donors (Lipinski definition) is 1. The summed E-state index contributed by atoms with van der Waals surface area (Å²) in [6.07, 6.45) is 7.59. The summed E-state index contributed by atoms with van der Waals surface area (Å²) in [4.78, 5) is 4.34. The molecule has 0 aliphatic heterocycles. The number of nitrogens with zero attached hydrogens (tertiary/aromatic N) is 4. The van der Waals surface area contributed by atoms with E-state index < -0.39 is 0 Å². The Morgan fingerprint density at radius 1 is 1.35 bits per heavy atom. The van der Waals surface area contributed by atoms with E-state index >= 15 is 0 Å². The van der Waals surface area contributed by atoms with Crippen LogP contribution in [0.3, 0.4) is 0 Å². The molecule has 20 heavy (non-hydrogen) atoms. The third-order valence-corrected chi connectivity index (χ3v) is 3.20. The van der Waals surface area contributed by atoms with Crippen LogP contribution >= 0.6 is 0 Å². The molecule has 0 amide bonds. The molecule has 2 rings (SSSR count). The Morgan fingerprint density at radius 3 is 3.00 bits per heavy atom. The maximum Gasteiger partial charge on any atom is 0.202 e. The zero-order valence-electron chi connectivity index (χ0n) is 12.2. The normalized spacial score (nSPS) is 10.9. The van der Waals surface area contributed by atoms with E-state index in [-0.39, 0.29) is 0 Å². The molecule has 6 nitrogen and oxygen atoms in total. The summed E-state index contributed by atoms with van der Waals surface area (Å²) in [7, 11) is 1.97. The fraction of sp³-hybridized carbons (Fsp3) is 0.571. The first-order chi connectivity index (χ1) is 9.81. The number of imidazole rings is 1. The van der Waals surface area contributed by atoms with Crippen LogP contribution < -0.4 is 5.32 Å². The zero-order valence-corrected chi connectivity index (χ0v) is 12.2. The molecule has 1 N–H and O–H groups in total. The van der Waals surface area contributed by atoms with E-state index in [1.165, 1.54) is 5.69 Å². The molecule has 110 valence electrons. The summed E-state index contributed by atoms with van der Waals surface area (Å²) < 4.78 is 9.36. The molecule has 2 aromatic rings. The Bertz CT molecular complexity index is 505. The predicted octanol–water partition coefficient (Wildman–Crippen LogP) is 1.70. The van der Waals surface area contributed by atoms with Crippen LogP contribution in [0.15, 0.2) is 24.7 Å². The first-order valence-electron chi connectivity index (χ1n) is 7.11. The van der Waals surface area contributed by atoms with Gasteiger partial charge in [-0.2, -0.15) is 5.10 Å². The third-order valence-electron chi connectivity index (χ3n) is 3.20. The molecule has 0 radical (unpaired) electrons. The molecule has 0 spiro atoms. The Labute approximate surface area is 119 Å². The maximum atomic E-state index is 5.32. The second-order valence-electron chi connectivity index (χ2n) is 4.62. The summed E-state index contributed by atoms with van der Waals surface area (Å²) in [6, 6.07) is 2.05. The minimum absolute atomic E-state index is 0.777. The average Bonchev–Trinajstić information content (AvgIpc) is 3.05. The molecule has 6 heteroatoms. The minimum Gasteiger partial charge on any atom is -0.382 e. The molecular formula is C14H23N5O. The van der Waals surface area contributed by atoms with Gasteiger partial charge in [0.05, 0.1) is 0 Å². The lowest BCUT2D eigenvalue weighted by molar-refractivity contribution is 0.147. The van der Waals surface area contributed by atoms with Crippen molar-refractivity contribution >= 4 is 5.95 Å². The topological polar surface area (TPSA) is 56.9 Å². The first-order valence-corrected chi connectivity index (χ1v) is 7.11. The van der Waals surface area contributed by atoms with Crippen LogP contribution in [0.25, 0.3) is 0 Å². The number of aromatic nitrogens is 4. The highest BCUT2D eigenvalue weighted by molar-refractivity contribution is 5.25. The summed E-state index contributed by atoms with van der Waals surface area (Å²) in [6.45, 7) is 5.35. The van der Waals surface area contributed by atoms with Gasteiger partial charge in [0.2, 0.25) is 5.95 Å². The fourth-order valence-corrected chi connectivity index (χ4v) is 2.06. The van der Waals surface area contributed by atoms with Crippen molar-refractivity contribution in [3.8, 4) is 0 Å². The van der Waals surface area contributed by atoms with E-state index in [1.807, 2.05) is 43.3 Å². The number of anilines is 1. The molecule has 0 saturated carbocycles. The van der Waals surface area contributed by atoms with Gasteiger partial charge in [0.1, 0.15) is 0 Å². The van der Waals surface area contributed by atoms with Crippen molar-refractivity contribution in [3.63, 3.8) is 0 Å². The van der Waals surface area contributed by atoms with Gasteiger partial charge in [-0.15, -0.1) is 0 Å². The number of rotatable bonds is 9. The van der Waals surface area contributed by atoms with Crippen LogP contribution in [0.1, 0.15) is 19.0 Å². The summed E-state index contributed by atoms with van der Waals surface area (Å²) >= 11 is 0. The summed E-state index contributed by atoms with van der Waals surface area (Å²) in [5.74, 6) is 0.920. The van der Waals surface area contributed by atoms with Crippen LogP contribution in [0.5, 0.6) is 0 Å². The molecule has 0 bridgehead atoms. The van der Waals surface area contributed by atoms with Gasteiger partial charge < -0.3 is 14.6 Å². The molecular weight excluding hydrogens is 254 g/mol. The molecule has 0 aromatic carbocycles. The van der Waals surface area contributed by atoms with Gasteiger partial charge in [-0.25, -0.2) is 4.98 Å². The molecule has 0 fully saturated rings. The minimum atomic E-state index is 0.777. The van der Waals surface area contributed by atoms with E-state index in [0.29, 0.717) is 0 Å². The van der Waals surface area contributed by atoms with E-state index in [1.54, 1.807) is 0 Å². The van der Waals surface area contributed by atoms with Crippen molar-refractivity contribution in [2.24, 2.45) is 7.05 Å². The number of ether oxygens (including phenoxy) is 1. The maximum absolute atomic E-state index is 5.32. The van der Waals surface area contributed by atoms with Gasteiger partial charge >= 0.3 is 0 Å². The van der Waals surface area contributed by atoms with Crippen molar-refractivity contribution < 1.29 is 4.74 Å². The van der Waals surface area contributed by atoms with Crippen LogP contribution in [0.4, 0.5) is 5.95 Å². The van der Waals surface area contributed by atoms with Gasteiger partial charge in [-0.1, -0.05) is 0 Å². The van der Waals surface area contributed by atoms with Gasteiger partial charge in [0, 0.05) is 64.1 Å². The lowest BCUT2D eigenvalue weighted by Gasteiger charge is -2.10. The largest absolute Gasteiger partial charge is 0.382 e. The number of aryl methyl sites for hydroxylation is 3. The second-order valence-corrected chi connectivity index (χ2v) is 4.62. The van der Waals surface area contributed by atoms with Crippen LogP contribution in [0, 0.1) is 0 Å². The molecule has 0 saturated heterocycles. The van der Waals surface area contributed by atoms with Gasteiger partial charge in [-0.3, -0.25) is 4.68 Å². The number of hydrogen-bond acceptors (Lipinski definition) is 4. The van der Waals surface area contributed by atoms with E-state index in [9.17, 15) is 0 Å². The van der Waals surface area contributed by atoms with E-state index in [2.05, 4.69) is 20.0 Å². The summed E-state index contributed by atoms with van der Waals surface area (Å²) in [5.41, 5.74) is 1.22. The quantitative estimate of drug-likeness (QED) is 0.709. The highest BCUT2D eigenvalue weighted by atomic mass is 16.5. The first kappa shape index (κ1) is 14.6. The Kier molecular flexibility index (Phi) is 5.61. The Balaban J connectivity index is 1.78. The van der Waals surface area contributed by atoms with Gasteiger partial charge in [0.15, 0.2) is 0 Å². The van der Waals surface area contributed by atoms with Crippen LogP contribution in [-0.2, 0) is 24.8 Å². The van der Waals surface area contributed by atoms with E-state index in [0.717, 1.165) is 45.1 Å². The van der Waals surface area contributed by atoms with Gasteiger partial charge in [-0.05, 0) is 19.4 Å². The van der Waals surface area contributed by atoms with Gasteiger partial charge in [0.25, 0.3) is 0 Å². The molecule has 0 unspecified atom stereocenters. The molecule has 2 aromatic heterocycles. The number of nitrogens with one attached hydrogen (secondary N) is 1. The molecule has 2 heterocycles. The summed E-state index contributed by atoms with van der Waals surface area (Å²) in [5, 5.41) is 7.53. The monoisotopic (exact) mass is 277 g/mol. The fourth-order valence-electron chi connectivity index (χ4n) is 2.06. The van der Waals surface area contributed by atoms with Crippen LogP contribution in [0.2, 0.25) is 0 Å². The standard InChI is InChI=1S/C14H23N5O/c1-3-20-12-4-7-15-14-16-9-11-19(14)10-6-13-5-8-17-18(13)2/h5,8-9,11H,3-4,6-7,10,12H2,1-2H3,(H,15,16). The molecule has 0 aliphatic carbocycles. The Hall–Kier alpha value is -1.82. The predicted molar refractivity (Wildman–Crippen MR) is 78.7 cm³/mol.